The van der Waals surface area contributed by atoms with Crippen LogP contribution in [0.25, 0.3) is 0 Å². The number of anilines is 1. The number of nitrogens with one attached hydrogen (secondary N) is 1. The molecule has 3 rings (SSSR count). The third kappa shape index (κ3) is 4.39. The fraction of sp³-hybridized carbons (Fsp3) is 0.0455. The Labute approximate surface area is 156 Å². The molecule has 0 heterocycles. The molecule has 132 valence electrons. The Kier molecular flexibility index (Phi) is 5.60. The first kappa shape index (κ1) is 17.9. The molecule has 5 heteroatoms. The number of hydrogen-bond donors (Lipinski definition) is 1. The lowest BCUT2D eigenvalue weighted by Gasteiger charge is -2.11. The van der Waals surface area contributed by atoms with Crippen molar-refractivity contribution in [2.45, 2.75) is 6.61 Å². The van der Waals surface area contributed by atoms with Crippen molar-refractivity contribution in [1.29, 1.82) is 5.26 Å². The maximum absolute atomic E-state index is 12.5. The van der Waals surface area contributed by atoms with E-state index >= 15 is 0 Å². The Hall–Kier alpha value is -3.91. The zero-order valence-corrected chi connectivity index (χ0v) is 14.4. The topological polar surface area (TPSA) is 79.2 Å². The number of hydrogen-bond acceptors (Lipinski definition) is 4. The van der Waals surface area contributed by atoms with E-state index in [0.717, 1.165) is 0 Å². The van der Waals surface area contributed by atoms with Gasteiger partial charge in [-0.1, -0.05) is 48.5 Å². The van der Waals surface area contributed by atoms with E-state index in [0.29, 0.717) is 22.4 Å². The zero-order chi connectivity index (χ0) is 19.1. The lowest BCUT2D eigenvalue weighted by Crippen LogP contribution is -2.16. The molecule has 0 saturated carbocycles. The maximum Gasteiger partial charge on any atom is 0.340 e. The third-order valence-electron chi connectivity index (χ3n) is 3.93. The maximum atomic E-state index is 12.5. The molecule has 0 unspecified atom stereocenters. The highest BCUT2D eigenvalue weighted by Crippen LogP contribution is 2.19. The Morgan fingerprint density at radius 3 is 2.33 bits per heavy atom. The first-order valence-corrected chi connectivity index (χ1v) is 8.29. The Bertz CT molecular complexity index is 1010. The number of ether oxygens (including phenoxy) is 1. The lowest BCUT2D eigenvalue weighted by molar-refractivity contribution is 0.0473. The fourth-order valence-corrected chi connectivity index (χ4v) is 2.53. The molecule has 3 aromatic rings. The number of nitriles is 1. The molecule has 0 aliphatic rings. The monoisotopic (exact) mass is 356 g/mol. The molecular formula is C22H16N2O3. The zero-order valence-electron chi connectivity index (χ0n) is 14.4. The van der Waals surface area contributed by atoms with E-state index < -0.39 is 5.97 Å². The molecule has 0 fully saturated rings. The predicted octanol–water partition coefficient (Wildman–Crippen LogP) is 4.17. The molecule has 3 aromatic carbocycles. The number of carbonyl (C=O) groups is 2. The summed E-state index contributed by atoms with van der Waals surface area (Å²) in [6, 6.07) is 24.4. The molecule has 1 N–H and O–H groups in total. The Morgan fingerprint density at radius 2 is 1.56 bits per heavy atom. The highest BCUT2D eigenvalue weighted by atomic mass is 16.5. The second kappa shape index (κ2) is 8.45. The van der Waals surface area contributed by atoms with E-state index in [1.807, 2.05) is 6.07 Å². The van der Waals surface area contributed by atoms with E-state index in [4.69, 9.17) is 10.00 Å². The highest BCUT2D eigenvalue weighted by molar-refractivity contribution is 6.07. The van der Waals surface area contributed by atoms with Gasteiger partial charge in [0.1, 0.15) is 6.61 Å². The molecule has 5 nitrogen and oxygen atoms in total. The normalized spacial score (nSPS) is 9.89. The van der Waals surface area contributed by atoms with Crippen LogP contribution in [0.1, 0.15) is 31.8 Å². The molecular weight excluding hydrogens is 340 g/mol. The summed E-state index contributed by atoms with van der Waals surface area (Å²) in [6.07, 6.45) is 0. The van der Waals surface area contributed by atoms with Gasteiger partial charge in [0, 0.05) is 11.1 Å². The minimum atomic E-state index is -0.577. The summed E-state index contributed by atoms with van der Waals surface area (Å²) in [4.78, 5) is 24.9. The summed E-state index contributed by atoms with van der Waals surface area (Å²) in [5.74, 6) is -0.891. The number of para-hydroxylation sites is 1. The molecule has 0 aliphatic heterocycles. The minimum Gasteiger partial charge on any atom is -0.457 e. The van der Waals surface area contributed by atoms with Crippen molar-refractivity contribution in [2.24, 2.45) is 0 Å². The van der Waals surface area contributed by atoms with Gasteiger partial charge in [0.05, 0.1) is 22.9 Å². The fourth-order valence-electron chi connectivity index (χ4n) is 2.53. The van der Waals surface area contributed by atoms with Crippen LogP contribution in [-0.4, -0.2) is 11.9 Å². The number of amides is 1. The van der Waals surface area contributed by atoms with Gasteiger partial charge in [0.2, 0.25) is 0 Å². The van der Waals surface area contributed by atoms with E-state index in [1.54, 1.807) is 72.8 Å². The summed E-state index contributed by atoms with van der Waals surface area (Å²) in [6.45, 7) is -0.0243. The highest BCUT2D eigenvalue weighted by Gasteiger charge is 2.15. The summed E-state index contributed by atoms with van der Waals surface area (Å²) in [5, 5.41) is 11.9. The molecule has 0 aromatic heterocycles. The average Bonchev–Trinajstić information content (AvgIpc) is 2.73. The smallest absolute Gasteiger partial charge is 0.340 e. The Balaban J connectivity index is 1.74. The van der Waals surface area contributed by atoms with E-state index in [9.17, 15) is 9.59 Å². The molecule has 0 radical (unpaired) electrons. The van der Waals surface area contributed by atoms with Crippen LogP contribution in [0, 0.1) is 11.3 Å². The van der Waals surface area contributed by atoms with Crippen molar-refractivity contribution >= 4 is 17.6 Å². The molecule has 0 spiro atoms. The van der Waals surface area contributed by atoms with E-state index in [2.05, 4.69) is 11.4 Å². The third-order valence-corrected chi connectivity index (χ3v) is 3.93. The van der Waals surface area contributed by atoms with Gasteiger partial charge in [-0.25, -0.2) is 4.79 Å². The van der Waals surface area contributed by atoms with E-state index in [-0.39, 0.29) is 18.1 Å². The average molecular weight is 356 g/mol. The molecule has 1 amide bonds. The minimum absolute atomic E-state index is 0.0243. The van der Waals surface area contributed by atoms with Gasteiger partial charge in [-0.15, -0.1) is 0 Å². The van der Waals surface area contributed by atoms with Gasteiger partial charge in [-0.05, 0) is 30.3 Å². The van der Waals surface area contributed by atoms with Crippen molar-refractivity contribution in [3.8, 4) is 6.07 Å². The standard InChI is InChI=1S/C22H16N2O3/c23-14-17-10-4-5-11-18(17)15-27-22(26)19-12-6-7-13-20(19)24-21(25)16-8-2-1-3-9-16/h1-13H,15H2,(H,24,25). The molecule has 0 bridgehead atoms. The summed E-state index contributed by atoms with van der Waals surface area (Å²) in [5.41, 5.74) is 2.18. The number of carbonyl (C=O) groups excluding carboxylic acids is 2. The summed E-state index contributed by atoms with van der Waals surface area (Å²) in [7, 11) is 0. The number of benzene rings is 3. The number of nitrogens with zero attached hydrogens (tertiary/aromatic N) is 1. The number of esters is 1. The number of rotatable bonds is 5. The van der Waals surface area contributed by atoms with Crippen LogP contribution in [0.4, 0.5) is 5.69 Å². The lowest BCUT2D eigenvalue weighted by atomic mass is 10.1. The molecule has 0 saturated heterocycles. The second-order valence-electron chi connectivity index (χ2n) is 5.71. The van der Waals surface area contributed by atoms with E-state index in [1.165, 1.54) is 0 Å². The van der Waals surface area contributed by atoms with Gasteiger partial charge in [-0.3, -0.25) is 4.79 Å². The van der Waals surface area contributed by atoms with Crippen LogP contribution in [0.5, 0.6) is 0 Å². The quantitative estimate of drug-likeness (QED) is 0.696. The van der Waals surface area contributed by atoms with Crippen LogP contribution < -0.4 is 5.32 Å². The van der Waals surface area contributed by atoms with Crippen molar-refractivity contribution in [3.05, 3.63) is 101 Å². The van der Waals surface area contributed by atoms with Crippen LogP contribution >= 0.6 is 0 Å². The first-order valence-electron chi connectivity index (χ1n) is 8.29. The van der Waals surface area contributed by atoms with Gasteiger partial charge < -0.3 is 10.1 Å². The van der Waals surface area contributed by atoms with Crippen molar-refractivity contribution < 1.29 is 14.3 Å². The summed E-state index contributed by atoms with van der Waals surface area (Å²) >= 11 is 0. The van der Waals surface area contributed by atoms with Gasteiger partial charge in [-0.2, -0.15) is 5.26 Å². The van der Waals surface area contributed by atoms with Crippen LogP contribution in [0.3, 0.4) is 0 Å². The van der Waals surface area contributed by atoms with Crippen molar-refractivity contribution in [2.75, 3.05) is 5.32 Å². The largest absolute Gasteiger partial charge is 0.457 e. The Morgan fingerprint density at radius 1 is 0.889 bits per heavy atom. The van der Waals surface area contributed by atoms with Crippen LogP contribution in [-0.2, 0) is 11.3 Å². The predicted molar refractivity (Wildman–Crippen MR) is 101 cm³/mol. The SMILES string of the molecule is N#Cc1ccccc1COC(=O)c1ccccc1NC(=O)c1ccccc1. The summed E-state index contributed by atoms with van der Waals surface area (Å²) < 4.78 is 5.34. The van der Waals surface area contributed by atoms with Gasteiger partial charge >= 0.3 is 5.97 Å². The molecule has 27 heavy (non-hydrogen) atoms. The van der Waals surface area contributed by atoms with Crippen LogP contribution in [0.15, 0.2) is 78.9 Å². The first-order chi connectivity index (χ1) is 13.2. The van der Waals surface area contributed by atoms with Gasteiger partial charge in [0.15, 0.2) is 0 Å². The second-order valence-corrected chi connectivity index (χ2v) is 5.71. The van der Waals surface area contributed by atoms with Gasteiger partial charge in [0.25, 0.3) is 5.91 Å². The molecule has 0 aliphatic carbocycles. The van der Waals surface area contributed by atoms with Crippen LogP contribution in [0.2, 0.25) is 0 Å². The molecule has 0 atom stereocenters. The van der Waals surface area contributed by atoms with Crippen molar-refractivity contribution in [1.82, 2.24) is 0 Å². The van der Waals surface area contributed by atoms with Crippen molar-refractivity contribution in [3.63, 3.8) is 0 Å².